The third-order valence-corrected chi connectivity index (χ3v) is 4.50. The van der Waals surface area contributed by atoms with Crippen LogP contribution in [0.3, 0.4) is 0 Å². The summed E-state index contributed by atoms with van der Waals surface area (Å²) in [6.45, 7) is 4.59. The van der Waals surface area contributed by atoms with Crippen molar-refractivity contribution in [2.24, 2.45) is 0 Å². The smallest absolute Gasteiger partial charge is 0.318 e. The van der Waals surface area contributed by atoms with E-state index in [0.29, 0.717) is 37.0 Å². The molecule has 9 nitrogen and oxygen atoms in total. The van der Waals surface area contributed by atoms with Crippen LogP contribution >= 0.6 is 0 Å². The van der Waals surface area contributed by atoms with E-state index in [1.807, 2.05) is 25.1 Å². The van der Waals surface area contributed by atoms with Gasteiger partial charge in [-0.1, -0.05) is 18.1 Å². The van der Waals surface area contributed by atoms with Gasteiger partial charge in [-0.2, -0.15) is 4.98 Å². The Balaban J connectivity index is 1.62. The molecule has 0 saturated carbocycles. The third kappa shape index (κ3) is 4.02. The van der Waals surface area contributed by atoms with E-state index in [2.05, 4.69) is 15.5 Å². The number of ether oxygens (including phenoxy) is 1. The standard InChI is InChI=1S/C18H23N5O4/c1-4-15-20-16(27-21-15)11-19-18(25)22-8-9-23(17(24)12(22)2)13-6-5-7-14(10-13)26-3/h5-7,10,12H,4,8-9,11H2,1-3H3,(H,19,25). The molecule has 1 aliphatic heterocycles. The van der Waals surface area contributed by atoms with Gasteiger partial charge in [-0.25, -0.2) is 4.79 Å². The second kappa shape index (κ2) is 8.07. The zero-order chi connectivity index (χ0) is 19.4. The van der Waals surface area contributed by atoms with E-state index in [4.69, 9.17) is 9.26 Å². The summed E-state index contributed by atoms with van der Waals surface area (Å²) in [7, 11) is 1.58. The molecule has 0 bridgehead atoms. The summed E-state index contributed by atoms with van der Waals surface area (Å²) in [6.07, 6.45) is 0.662. The quantitative estimate of drug-likeness (QED) is 0.854. The summed E-state index contributed by atoms with van der Waals surface area (Å²) in [5.41, 5.74) is 0.754. The van der Waals surface area contributed by atoms with Crippen molar-refractivity contribution in [1.82, 2.24) is 20.4 Å². The largest absolute Gasteiger partial charge is 0.497 e. The van der Waals surface area contributed by atoms with E-state index in [1.165, 1.54) is 4.90 Å². The number of aryl methyl sites for hydroxylation is 1. The molecular formula is C18H23N5O4. The van der Waals surface area contributed by atoms with Crippen molar-refractivity contribution in [2.45, 2.75) is 32.9 Å². The second-order valence-electron chi connectivity index (χ2n) is 6.18. The summed E-state index contributed by atoms with van der Waals surface area (Å²) in [4.78, 5) is 32.6. The van der Waals surface area contributed by atoms with Crippen LogP contribution in [-0.4, -0.2) is 53.2 Å². The van der Waals surface area contributed by atoms with Crippen LogP contribution in [0.25, 0.3) is 0 Å². The molecule has 1 N–H and O–H groups in total. The fraction of sp³-hybridized carbons (Fsp3) is 0.444. The number of anilines is 1. The Labute approximate surface area is 157 Å². The number of nitrogens with one attached hydrogen (secondary N) is 1. The van der Waals surface area contributed by atoms with E-state index >= 15 is 0 Å². The predicted octanol–water partition coefficient (Wildman–Crippen LogP) is 1.59. The number of benzene rings is 1. The molecule has 0 spiro atoms. The van der Waals surface area contributed by atoms with Crippen LogP contribution in [-0.2, 0) is 17.8 Å². The monoisotopic (exact) mass is 373 g/mol. The number of carbonyl (C=O) groups is 2. The molecule has 0 radical (unpaired) electrons. The Bertz CT molecular complexity index is 822. The number of aromatic nitrogens is 2. The van der Waals surface area contributed by atoms with Gasteiger partial charge in [0.15, 0.2) is 5.82 Å². The number of hydrogen-bond acceptors (Lipinski definition) is 6. The molecule has 1 aliphatic rings. The lowest BCUT2D eigenvalue weighted by molar-refractivity contribution is -0.124. The highest BCUT2D eigenvalue weighted by atomic mass is 16.5. The molecule has 1 aromatic heterocycles. The van der Waals surface area contributed by atoms with Crippen molar-refractivity contribution in [2.75, 3.05) is 25.1 Å². The van der Waals surface area contributed by atoms with Gasteiger partial charge in [0, 0.05) is 31.3 Å². The second-order valence-corrected chi connectivity index (χ2v) is 6.18. The Hall–Kier alpha value is -3.10. The fourth-order valence-electron chi connectivity index (χ4n) is 2.94. The molecular weight excluding hydrogens is 350 g/mol. The van der Waals surface area contributed by atoms with Gasteiger partial charge in [0.05, 0.1) is 13.7 Å². The first-order chi connectivity index (χ1) is 13.0. The number of carbonyl (C=O) groups excluding carboxylic acids is 2. The maximum atomic E-state index is 12.8. The molecule has 3 rings (SSSR count). The van der Waals surface area contributed by atoms with Crippen LogP contribution in [0.1, 0.15) is 25.6 Å². The minimum Gasteiger partial charge on any atom is -0.497 e. The first-order valence-corrected chi connectivity index (χ1v) is 8.84. The van der Waals surface area contributed by atoms with Crippen LogP contribution in [0, 0.1) is 0 Å². The zero-order valence-electron chi connectivity index (χ0n) is 15.6. The Kier molecular flexibility index (Phi) is 5.58. The maximum absolute atomic E-state index is 12.8. The predicted molar refractivity (Wildman–Crippen MR) is 97.4 cm³/mol. The molecule has 27 heavy (non-hydrogen) atoms. The van der Waals surface area contributed by atoms with Crippen molar-refractivity contribution >= 4 is 17.6 Å². The number of methoxy groups -OCH3 is 1. The van der Waals surface area contributed by atoms with Crippen LogP contribution < -0.4 is 15.0 Å². The maximum Gasteiger partial charge on any atom is 0.318 e. The lowest BCUT2D eigenvalue weighted by atomic mass is 10.1. The Morgan fingerprint density at radius 3 is 2.93 bits per heavy atom. The number of rotatable bonds is 5. The molecule has 9 heteroatoms. The van der Waals surface area contributed by atoms with E-state index < -0.39 is 6.04 Å². The molecule has 2 aromatic rings. The van der Waals surface area contributed by atoms with Gasteiger partial charge in [-0.15, -0.1) is 0 Å². The van der Waals surface area contributed by atoms with E-state index in [0.717, 1.165) is 5.69 Å². The average molecular weight is 373 g/mol. The summed E-state index contributed by atoms with van der Waals surface area (Å²) in [5, 5.41) is 6.52. The van der Waals surface area contributed by atoms with Gasteiger partial charge in [-0.05, 0) is 19.1 Å². The highest BCUT2D eigenvalue weighted by molar-refractivity contribution is 6.00. The molecule has 1 fully saturated rings. The molecule has 1 unspecified atom stereocenters. The lowest BCUT2D eigenvalue weighted by Crippen LogP contribution is -2.59. The molecule has 1 aromatic carbocycles. The first kappa shape index (κ1) is 18.7. The number of nitrogens with zero attached hydrogens (tertiary/aromatic N) is 4. The molecule has 3 amide bonds. The minimum absolute atomic E-state index is 0.128. The van der Waals surface area contributed by atoms with Gasteiger partial charge < -0.3 is 24.4 Å². The number of piperazine rings is 1. The minimum atomic E-state index is -0.584. The van der Waals surface area contributed by atoms with Crippen LogP contribution in [0.2, 0.25) is 0 Å². The normalized spacial score (nSPS) is 17.1. The molecule has 0 aliphatic carbocycles. The topological polar surface area (TPSA) is 101 Å². The number of amides is 3. The zero-order valence-corrected chi connectivity index (χ0v) is 15.6. The fourth-order valence-corrected chi connectivity index (χ4v) is 2.94. The third-order valence-electron chi connectivity index (χ3n) is 4.50. The first-order valence-electron chi connectivity index (χ1n) is 8.84. The SMILES string of the molecule is CCc1noc(CNC(=O)N2CCN(c3cccc(OC)c3)C(=O)C2C)n1. The van der Waals surface area contributed by atoms with E-state index in [1.54, 1.807) is 25.0 Å². The summed E-state index contributed by atoms with van der Waals surface area (Å²) < 4.78 is 10.3. The van der Waals surface area contributed by atoms with Crippen LogP contribution in [0.15, 0.2) is 28.8 Å². The van der Waals surface area contributed by atoms with Gasteiger partial charge in [0.2, 0.25) is 11.8 Å². The number of urea groups is 1. The molecule has 2 heterocycles. The Morgan fingerprint density at radius 1 is 1.41 bits per heavy atom. The van der Waals surface area contributed by atoms with E-state index in [-0.39, 0.29) is 18.5 Å². The lowest BCUT2D eigenvalue weighted by Gasteiger charge is -2.39. The summed E-state index contributed by atoms with van der Waals surface area (Å²) in [6, 6.07) is 6.39. The highest BCUT2D eigenvalue weighted by Gasteiger charge is 2.35. The van der Waals surface area contributed by atoms with Crippen molar-refractivity contribution in [3.63, 3.8) is 0 Å². The van der Waals surface area contributed by atoms with Gasteiger partial charge in [0.1, 0.15) is 11.8 Å². The van der Waals surface area contributed by atoms with Crippen LogP contribution in [0.4, 0.5) is 10.5 Å². The van der Waals surface area contributed by atoms with Gasteiger partial charge >= 0.3 is 6.03 Å². The molecule has 1 saturated heterocycles. The number of hydrogen-bond donors (Lipinski definition) is 1. The highest BCUT2D eigenvalue weighted by Crippen LogP contribution is 2.24. The van der Waals surface area contributed by atoms with Crippen molar-refractivity contribution < 1.29 is 18.8 Å². The molecule has 1 atom stereocenters. The van der Waals surface area contributed by atoms with Gasteiger partial charge in [0.25, 0.3) is 0 Å². The van der Waals surface area contributed by atoms with Crippen molar-refractivity contribution in [1.29, 1.82) is 0 Å². The average Bonchev–Trinajstić information content (AvgIpc) is 3.16. The summed E-state index contributed by atoms with van der Waals surface area (Å²) in [5.74, 6) is 1.47. The molecule has 144 valence electrons. The summed E-state index contributed by atoms with van der Waals surface area (Å²) >= 11 is 0. The van der Waals surface area contributed by atoms with Gasteiger partial charge in [-0.3, -0.25) is 4.79 Å². The Morgan fingerprint density at radius 2 is 2.22 bits per heavy atom. The van der Waals surface area contributed by atoms with Crippen molar-refractivity contribution in [3.05, 3.63) is 36.0 Å². The van der Waals surface area contributed by atoms with E-state index in [9.17, 15) is 9.59 Å². The van der Waals surface area contributed by atoms with Crippen LogP contribution in [0.5, 0.6) is 5.75 Å². The van der Waals surface area contributed by atoms with Crippen molar-refractivity contribution in [3.8, 4) is 5.75 Å².